The molecular weight excluding hydrogens is 362 g/mol. The van der Waals surface area contributed by atoms with Crippen LogP contribution in [0.3, 0.4) is 0 Å². The summed E-state index contributed by atoms with van der Waals surface area (Å²) in [6, 6.07) is 11.9. The molecule has 0 radical (unpaired) electrons. The summed E-state index contributed by atoms with van der Waals surface area (Å²) < 4.78 is 0. The van der Waals surface area contributed by atoms with E-state index in [1.807, 2.05) is 0 Å². The summed E-state index contributed by atoms with van der Waals surface area (Å²) >= 11 is 0. The van der Waals surface area contributed by atoms with E-state index in [4.69, 9.17) is 5.11 Å². The number of carbonyl (C=O) groups excluding carboxylic acids is 2. The Morgan fingerprint density at radius 1 is 1.11 bits per heavy atom. The lowest BCUT2D eigenvalue weighted by molar-refractivity contribution is -0.123. The first-order valence-corrected chi connectivity index (χ1v) is 8.87. The number of aliphatic hydroxyl groups is 2. The van der Waals surface area contributed by atoms with E-state index >= 15 is 0 Å². The van der Waals surface area contributed by atoms with Gasteiger partial charge >= 0.3 is 0 Å². The highest BCUT2D eigenvalue weighted by Crippen LogP contribution is 2.20. The fourth-order valence-corrected chi connectivity index (χ4v) is 2.65. The van der Waals surface area contributed by atoms with Gasteiger partial charge in [-0.05, 0) is 38.1 Å². The van der Waals surface area contributed by atoms with Crippen LogP contribution in [0, 0.1) is 6.92 Å². The lowest BCUT2D eigenvalue weighted by atomic mass is 10.1. The summed E-state index contributed by atoms with van der Waals surface area (Å²) in [7, 11) is 0. The van der Waals surface area contributed by atoms with Crippen molar-refractivity contribution in [2.75, 3.05) is 18.2 Å². The maximum absolute atomic E-state index is 13.1. The number of rotatable bonds is 8. The molecule has 8 heteroatoms. The molecule has 2 aromatic carbocycles. The Hall–Kier alpha value is -2.94. The predicted molar refractivity (Wildman–Crippen MR) is 105 cm³/mol. The third-order valence-corrected chi connectivity index (χ3v) is 4.20. The van der Waals surface area contributed by atoms with Crippen molar-refractivity contribution >= 4 is 17.5 Å². The number of nitrogens with zero attached hydrogens (tertiary/aromatic N) is 1. The average Bonchev–Trinajstić information content (AvgIpc) is 2.68. The molecule has 8 nitrogen and oxygen atoms in total. The molecule has 5 N–H and O–H groups in total. The van der Waals surface area contributed by atoms with E-state index in [9.17, 15) is 19.8 Å². The van der Waals surface area contributed by atoms with Crippen molar-refractivity contribution in [2.24, 2.45) is 0 Å². The first kappa shape index (κ1) is 21.4. The number of aliphatic hydroxyl groups excluding tert-OH is 2. The maximum Gasteiger partial charge on any atom is 0.266 e. The number of hydrogen-bond donors (Lipinski definition) is 5. The van der Waals surface area contributed by atoms with Crippen LogP contribution < -0.4 is 15.8 Å². The molecule has 0 aliphatic carbocycles. The topological polar surface area (TPSA) is 122 Å². The number of phenols is 1. The molecule has 2 aromatic rings. The Balaban J connectivity index is 2.28. The molecule has 0 aromatic heterocycles. The number of hydrogen-bond acceptors (Lipinski definition) is 6. The van der Waals surface area contributed by atoms with E-state index in [1.54, 1.807) is 37.3 Å². The second kappa shape index (κ2) is 9.84. The largest absolute Gasteiger partial charge is 0.508 e. The van der Waals surface area contributed by atoms with Gasteiger partial charge in [0.25, 0.3) is 11.8 Å². The van der Waals surface area contributed by atoms with Crippen LogP contribution in [0.15, 0.2) is 48.5 Å². The van der Waals surface area contributed by atoms with Crippen LogP contribution in [0.25, 0.3) is 0 Å². The fourth-order valence-electron chi connectivity index (χ4n) is 2.65. The summed E-state index contributed by atoms with van der Waals surface area (Å²) in [5.41, 5.74) is 3.85. The van der Waals surface area contributed by atoms with Gasteiger partial charge in [-0.15, -0.1) is 0 Å². The average molecular weight is 387 g/mol. The van der Waals surface area contributed by atoms with E-state index in [2.05, 4.69) is 10.7 Å². The van der Waals surface area contributed by atoms with Gasteiger partial charge in [-0.25, -0.2) is 10.4 Å². The van der Waals surface area contributed by atoms with Gasteiger partial charge in [0.05, 0.1) is 18.4 Å². The zero-order valence-corrected chi connectivity index (χ0v) is 15.8. The molecular formula is C20H25N3O5. The Labute approximate surface area is 163 Å². The molecule has 0 saturated carbocycles. The number of amides is 2. The maximum atomic E-state index is 13.1. The predicted octanol–water partition coefficient (Wildman–Crippen LogP) is 0.710. The first-order valence-electron chi connectivity index (χ1n) is 8.87. The van der Waals surface area contributed by atoms with Crippen LogP contribution >= 0.6 is 0 Å². The van der Waals surface area contributed by atoms with Crippen molar-refractivity contribution in [3.05, 3.63) is 59.7 Å². The Morgan fingerprint density at radius 2 is 1.79 bits per heavy atom. The van der Waals surface area contributed by atoms with Gasteiger partial charge in [0.1, 0.15) is 11.8 Å². The van der Waals surface area contributed by atoms with Crippen molar-refractivity contribution in [3.8, 4) is 5.75 Å². The van der Waals surface area contributed by atoms with Gasteiger partial charge in [-0.3, -0.25) is 9.59 Å². The van der Waals surface area contributed by atoms with Crippen LogP contribution in [0.4, 0.5) is 5.69 Å². The minimum Gasteiger partial charge on any atom is -0.508 e. The molecule has 0 fully saturated rings. The molecule has 150 valence electrons. The summed E-state index contributed by atoms with van der Waals surface area (Å²) in [5, 5.41) is 32.7. The highest BCUT2D eigenvalue weighted by Gasteiger charge is 2.31. The van der Waals surface area contributed by atoms with Gasteiger partial charge in [-0.1, -0.05) is 24.3 Å². The highest BCUT2D eigenvalue weighted by molar-refractivity contribution is 6.03. The number of nitrogens with one attached hydrogen (secondary N) is 2. The normalized spacial score (nSPS) is 12.9. The Kier molecular flexibility index (Phi) is 7.51. The molecule has 2 amide bonds. The second-order valence-corrected chi connectivity index (χ2v) is 6.28. The van der Waals surface area contributed by atoms with E-state index in [0.29, 0.717) is 11.3 Å². The van der Waals surface area contributed by atoms with E-state index in [0.717, 1.165) is 0 Å². The molecule has 0 saturated heterocycles. The summed E-state index contributed by atoms with van der Waals surface area (Å²) in [6.07, 6.45) is -1.18. The number of phenolic OH excluding ortho intramolecular Hbond substituents is 1. The van der Waals surface area contributed by atoms with Crippen molar-refractivity contribution < 1.29 is 24.9 Å². The van der Waals surface area contributed by atoms with Crippen molar-refractivity contribution in [1.29, 1.82) is 0 Å². The summed E-state index contributed by atoms with van der Waals surface area (Å²) in [6.45, 7) is 2.88. The van der Waals surface area contributed by atoms with Crippen molar-refractivity contribution in [1.82, 2.24) is 10.7 Å². The molecule has 2 atom stereocenters. The summed E-state index contributed by atoms with van der Waals surface area (Å²) in [4.78, 5) is 25.7. The number of anilines is 1. The number of carbonyl (C=O) groups is 2. The van der Waals surface area contributed by atoms with Crippen LogP contribution in [0.5, 0.6) is 5.75 Å². The number of benzene rings is 2. The first-order chi connectivity index (χ1) is 13.4. The van der Waals surface area contributed by atoms with Crippen LogP contribution in [0.2, 0.25) is 0 Å². The second-order valence-electron chi connectivity index (χ2n) is 6.28. The van der Waals surface area contributed by atoms with Crippen molar-refractivity contribution in [2.45, 2.75) is 26.0 Å². The number of para-hydroxylation sites is 1. The lowest BCUT2D eigenvalue weighted by Crippen LogP contribution is -2.58. The van der Waals surface area contributed by atoms with Gasteiger partial charge in [0.2, 0.25) is 0 Å². The molecule has 0 aliphatic rings. The van der Waals surface area contributed by atoms with Gasteiger partial charge < -0.3 is 20.6 Å². The smallest absolute Gasteiger partial charge is 0.266 e. The Bertz CT molecular complexity index is 811. The molecule has 2 rings (SSSR count). The zero-order chi connectivity index (χ0) is 20.7. The highest BCUT2D eigenvalue weighted by atomic mass is 16.3. The summed E-state index contributed by atoms with van der Waals surface area (Å²) in [5.74, 6) is -1.23. The van der Waals surface area contributed by atoms with E-state index in [-0.39, 0.29) is 24.5 Å². The van der Waals surface area contributed by atoms with E-state index in [1.165, 1.54) is 30.1 Å². The fraction of sp³-hybridized carbons (Fsp3) is 0.300. The van der Waals surface area contributed by atoms with Crippen LogP contribution in [0.1, 0.15) is 22.8 Å². The molecule has 0 spiro atoms. The number of hydrazine groups is 1. The monoisotopic (exact) mass is 387 g/mol. The van der Waals surface area contributed by atoms with Crippen LogP contribution in [-0.2, 0) is 4.79 Å². The third kappa shape index (κ3) is 5.07. The van der Waals surface area contributed by atoms with Gasteiger partial charge in [0.15, 0.2) is 0 Å². The molecule has 0 bridgehead atoms. The standard InChI is InChI=1S/C20H25N3O5/c1-13-16(9-6-10-17(13)26)19(27)22-18(14(2)25)20(28)23(21-11-12-24)15-7-4-3-5-8-15/h3-10,14,18,21,24-26H,11-12H2,1-2H3,(H,22,27)/t14-,18+/m1/s1. The molecule has 0 unspecified atom stereocenters. The molecule has 0 heterocycles. The third-order valence-electron chi connectivity index (χ3n) is 4.20. The minimum atomic E-state index is -1.25. The van der Waals surface area contributed by atoms with Gasteiger partial charge in [0, 0.05) is 17.7 Å². The number of aromatic hydroxyl groups is 1. The van der Waals surface area contributed by atoms with Gasteiger partial charge in [-0.2, -0.15) is 0 Å². The lowest BCUT2D eigenvalue weighted by Gasteiger charge is -2.29. The minimum absolute atomic E-state index is 0.0388. The molecule has 0 aliphatic heterocycles. The van der Waals surface area contributed by atoms with Crippen molar-refractivity contribution in [3.63, 3.8) is 0 Å². The quantitative estimate of drug-likeness (QED) is 0.425. The Morgan fingerprint density at radius 3 is 2.39 bits per heavy atom. The zero-order valence-electron chi connectivity index (χ0n) is 15.8. The van der Waals surface area contributed by atoms with Crippen LogP contribution in [-0.4, -0.2) is 52.4 Å². The van der Waals surface area contributed by atoms with E-state index < -0.39 is 24.0 Å². The molecule has 28 heavy (non-hydrogen) atoms. The SMILES string of the molecule is Cc1c(O)cccc1C(=O)N[C@H](C(=O)N(NCCO)c1ccccc1)[C@@H](C)O.